The van der Waals surface area contributed by atoms with Gasteiger partial charge in [-0.3, -0.25) is 4.90 Å². The Balaban J connectivity index is 2.00. The molecule has 19 heavy (non-hydrogen) atoms. The van der Waals surface area contributed by atoms with Crippen molar-refractivity contribution in [2.45, 2.75) is 77.6 Å². The molecule has 2 fully saturated rings. The van der Waals surface area contributed by atoms with Gasteiger partial charge in [0.25, 0.3) is 0 Å². The van der Waals surface area contributed by atoms with Crippen molar-refractivity contribution in [2.75, 3.05) is 19.7 Å². The molecule has 0 aromatic carbocycles. The van der Waals surface area contributed by atoms with Crippen LogP contribution in [0.15, 0.2) is 0 Å². The highest BCUT2D eigenvalue weighted by Gasteiger charge is 2.35. The van der Waals surface area contributed by atoms with Crippen molar-refractivity contribution in [1.29, 1.82) is 0 Å². The van der Waals surface area contributed by atoms with Gasteiger partial charge in [0.05, 0.1) is 6.10 Å². The Morgan fingerprint density at radius 2 is 2.16 bits per heavy atom. The van der Waals surface area contributed by atoms with Gasteiger partial charge in [-0.2, -0.15) is 0 Å². The second-order valence-corrected chi connectivity index (χ2v) is 6.52. The first-order valence-corrected chi connectivity index (χ1v) is 8.26. The van der Waals surface area contributed by atoms with E-state index in [4.69, 9.17) is 4.74 Å². The number of ether oxygens (including phenoxy) is 1. The first-order valence-electron chi connectivity index (χ1n) is 8.26. The van der Waals surface area contributed by atoms with Gasteiger partial charge < -0.3 is 10.1 Å². The molecule has 5 atom stereocenters. The van der Waals surface area contributed by atoms with E-state index in [1.807, 2.05) is 0 Å². The van der Waals surface area contributed by atoms with Crippen molar-refractivity contribution in [3.05, 3.63) is 0 Å². The zero-order valence-electron chi connectivity index (χ0n) is 13.2. The van der Waals surface area contributed by atoms with Crippen LogP contribution in [0.2, 0.25) is 0 Å². The molecule has 1 N–H and O–H groups in total. The molecule has 2 rings (SSSR count). The molecule has 0 bridgehead atoms. The summed E-state index contributed by atoms with van der Waals surface area (Å²) in [5, 5.41) is 3.78. The van der Waals surface area contributed by atoms with E-state index in [0.717, 1.165) is 31.2 Å². The fourth-order valence-corrected chi connectivity index (χ4v) is 3.61. The quantitative estimate of drug-likeness (QED) is 0.848. The van der Waals surface area contributed by atoms with Gasteiger partial charge in [0.2, 0.25) is 0 Å². The predicted octanol–water partition coefficient (Wildman–Crippen LogP) is 2.65. The molecule has 0 aromatic heterocycles. The molecule has 2 aliphatic rings. The normalized spacial score (nSPS) is 39.2. The zero-order valence-corrected chi connectivity index (χ0v) is 13.2. The molecule has 112 valence electrons. The number of nitrogens with one attached hydrogen (secondary N) is 1. The van der Waals surface area contributed by atoms with Crippen LogP contribution in [0.25, 0.3) is 0 Å². The van der Waals surface area contributed by atoms with Gasteiger partial charge in [-0.15, -0.1) is 0 Å². The second kappa shape index (κ2) is 7.05. The van der Waals surface area contributed by atoms with Gasteiger partial charge in [-0.1, -0.05) is 27.2 Å². The molecule has 0 saturated carbocycles. The lowest BCUT2D eigenvalue weighted by atomic mass is 9.91. The van der Waals surface area contributed by atoms with Gasteiger partial charge in [-0.25, -0.2) is 0 Å². The Hall–Kier alpha value is -0.120. The largest absolute Gasteiger partial charge is 0.378 e. The van der Waals surface area contributed by atoms with Gasteiger partial charge in [-0.05, 0) is 32.1 Å². The molecular formula is C16H32N2O. The van der Waals surface area contributed by atoms with Crippen LogP contribution in [0.4, 0.5) is 0 Å². The molecule has 2 saturated heterocycles. The molecule has 5 unspecified atom stereocenters. The fraction of sp³-hybridized carbons (Fsp3) is 1.00. The number of hydrogen-bond donors (Lipinski definition) is 1. The summed E-state index contributed by atoms with van der Waals surface area (Å²) in [5.74, 6) is 0.776. The summed E-state index contributed by atoms with van der Waals surface area (Å²) in [4.78, 5) is 2.80. The molecule has 0 spiro atoms. The van der Waals surface area contributed by atoms with Gasteiger partial charge in [0, 0.05) is 37.8 Å². The first-order chi connectivity index (χ1) is 9.15. The molecular weight excluding hydrogens is 236 g/mol. The Bertz CT molecular complexity index is 271. The van der Waals surface area contributed by atoms with Gasteiger partial charge in [0.1, 0.15) is 0 Å². The minimum absolute atomic E-state index is 0.438. The SMILES string of the molecule is CCC(C)C1CN(C2CCOC(C)C2)C(CC)CN1. The number of piperazine rings is 1. The molecule has 3 nitrogen and oxygen atoms in total. The smallest absolute Gasteiger partial charge is 0.0561 e. The Labute approximate surface area is 119 Å². The van der Waals surface area contributed by atoms with Crippen LogP contribution < -0.4 is 5.32 Å². The van der Waals surface area contributed by atoms with Gasteiger partial charge >= 0.3 is 0 Å². The van der Waals surface area contributed by atoms with E-state index < -0.39 is 0 Å². The van der Waals surface area contributed by atoms with Crippen molar-refractivity contribution in [3.8, 4) is 0 Å². The monoisotopic (exact) mass is 268 g/mol. The van der Waals surface area contributed by atoms with Gasteiger partial charge in [0.15, 0.2) is 0 Å². The van der Waals surface area contributed by atoms with Crippen LogP contribution in [-0.4, -0.2) is 48.8 Å². The summed E-state index contributed by atoms with van der Waals surface area (Å²) in [6.45, 7) is 12.6. The molecule has 0 aliphatic carbocycles. The predicted molar refractivity (Wildman–Crippen MR) is 80.5 cm³/mol. The average molecular weight is 268 g/mol. The highest BCUT2D eigenvalue weighted by Crippen LogP contribution is 2.26. The third-order valence-electron chi connectivity index (χ3n) is 5.22. The lowest BCUT2D eigenvalue weighted by Gasteiger charge is -2.47. The van der Waals surface area contributed by atoms with E-state index in [2.05, 4.69) is 37.9 Å². The molecule has 2 aliphatic heterocycles. The maximum Gasteiger partial charge on any atom is 0.0561 e. The Morgan fingerprint density at radius 1 is 1.37 bits per heavy atom. The Morgan fingerprint density at radius 3 is 2.79 bits per heavy atom. The summed E-state index contributed by atoms with van der Waals surface area (Å²) in [6, 6.07) is 2.13. The highest BCUT2D eigenvalue weighted by atomic mass is 16.5. The molecule has 2 heterocycles. The number of rotatable bonds is 4. The van der Waals surface area contributed by atoms with E-state index in [-0.39, 0.29) is 0 Å². The van der Waals surface area contributed by atoms with Crippen molar-refractivity contribution in [2.24, 2.45) is 5.92 Å². The summed E-state index contributed by atoms with van der Waals surface area (Å²) >= 11 is 0. The molecule has 3 heteroatoms. The molecule has 0 amide bonds. The topological polar surface area (TPSA) is 24.5 Å². The maximum absolute atomic E-state index is 5.72. The second-order valence-electron chi connectivity index (χ2n) is 6.52. The van der Waals surface area contributed by atoms with Crippen LogP contribution >= 0.6 is 0 Å². The summed E-state index contributed by atoms with van der Waals surface area (Å²) in [6.07, 6.45) is 5.39. The van der Waals surface area contributed by atoms with E-state index in [1.165, 1.54) is 32.2 Å². The summed E-state index contributed by atoms with van der Waals surface area (Å²) in [5.41, 5.74) is 0. The van der Waals surface area contributed by atoms with Crippen LogP contribution in [0.1, 0.15) is 53.4 Å². The summed E-state index contributed by atoms with van der Waals surface area (Å²) < 4.78 is 5.72. The summed E-state index contributed by atoms with van der Waals surface area (Å²) in [7, 11) is 0. The zero-order chi connectivity index (χ0) is 13.8. The highest BCUT2D eigenvalue weighted by molar-refractivity contribution is 4.92. The fourth-order valence-electron chi connectivity index (χ4n) is 3.61. The third-order valence-corrected chi connectivity index (χ3v) is 5.22. The van der Waals surface area contributed by atoms with E-state index in [1.54, 1.807) is 0 Å². The van der Waals surface area contributed by atoms with E-state index in [0.29, 0.717) is 12.1 Å². The van der Waals surface area contributed by atoms with Crippen LogP contribution in [0.3, 0.4) is 0 Å². The van der Waals surface area contributed by atoms with E-state index >= 15 is 0 Å². The minimum Gasteiger partial charge on any atom is -0.378 e. The maximum atomic E-state index is 5.72. The van der Waals surface area contributed by atoms with Crippen molar-refractivity contribution >= 4 is 0 Å². The van der Waals surface area contributed by atoms with Crippen LogP contribution in [0, 0.1) is 5.92 Å². The van der Waals surface area contributed by atoms with Crippen molar-refractivity contribution < 1.29 is 4.74 Å². The molecule has 0 radical (unpaired) electrons. The minimum atomic E-state index is 0.438. The molecule has 0 aromatic rings. The number of nitrogens with zero attached hydrogens (tertiary/aromatic N) is 1. The van der Waals surface area contributed by atoms with Crippen molar-refractivity contribution in [1.82, 2.24) is 10.2 Å². The van der Waals surface area contributed by atoms with Crippen molar-refractivity contribution in [3.63, 3.8) is 0 Å². The third kappa shape index (κ3) is 3.71. The van der Waals surface area contributed by atoms with Crippen LogP contribution in [-0.2, 0) is 4.74 Å². The Kier molecular flexibility index (Phi) is 5.67. The average Bonchev–Trinajstić information content (AvgIpc) is 2.45. The standard InChI is InChI=1S/C16H32N2O/c1-5-12(3)16-11-18(14(6-2)10-17-16)15-7-8-19-13(4)9-15/h12-17H,5-11H2,1-4H3. The van der Waals surface area contributed by atoms with Crippen LogP contribution in [0.5, 0.6) is 0 Å². The lowest BCUT2D eigenvalue weighted by molar-refractivity contribution is -0.0410. The number of hydrogen-bond acceptors (Lipinski definition) is 3. The van der Waals surface area contributed by atoms with E-state index in [9.17, 15) is 0 Å². The first kappa shape index (κ1) is 15.3. The lowest BCUT2D eigenvalue weighted by Crippen LogP contribution is -2.61.